The standard InChI is InChI=1S/C13H26N2S2/c1-11-6-16-5-4-15(11)13(8-14)7-12(2,3)9-17-10-13/h11H,4-10,14H2,1-3H3. The van der Waals surface area contributed by atoms with Crippen molar-refractivity contribution in [2.24, 2.45) is 11.1 Å². The Morgan fingerprint density at radius 3 is 2.65 bits per heavy atom. The van der Waals surface area contributed by atoms with Gasteiger partial charge >= 0.3 is 0 Å². The molecule has 2 rings (SSSR count). The van der Waals surface area contributed by atoms with E-state index in [2.05, 4.69) is 49.2 Å². The molecular formula is C13H26N2S2. The molecule has 0 aromatic carbocycles. The first-order chi connectivity index (χ1) is 7.99. The van der Waals surface area contributed by atoms with Gasteiger partial charge in [-0.15, -0.1) is 0 Å². The van der Waals surface area contributed by atoms with Gasteiger partial charge in [-0.05, 0) is 24.5 Å². The van der Waals surface area contributed by atoms with E-state index < -0.39 is 0 Å². The summed E-state index contributed by atoms with van der Waals surface area (Å²) in [6, 6.07) is 0.687. The summed E-state index contributed by atoms with van der Waals surface area (Å²) in [6.45, 7) is 9.20. The Balaban J connectivity index is 2.17. The zero-order chi connectivity index (χ0) is 12.5. The van der Waals surface area contributed by atoms with E-state index in [0.29, 0.717) is 11.5 Å². The molecule has 100 valence electrons. The summed E-state index contributed by atoms with van der Waals surface area (Å²) in [4.78, 5) is 2.72. The highest BCUT2D eigenvalue weighted by molar-refractivity contribution is 7.99. The molecule has 0 amide bonds. The Morgan fingerprint density at radius 1 is 1.29 bits per heavy atom. The van der Waals surface area contributed by atoms with E-state index in [1.165, 1.54) is 36.0 Å². The van der Waals surface area contributed by atoms with Crippen LogP contribution in [0.15, 0.2) is 0 Å². The second kappa shape index (κ2) is 5.32. The van der Waals surface area contributed by atoms with Crippen molar-refractivity contribution >= 4 is 23.5 Å². The van der Waals surface area contributed by atoms with E-state index in [4.69, 9.17) is 5.73 Å². The maximum absolute atomic E-state index is 6.19. The number of thioether (sulfide) groups is 2. The Bertz CT molecular complexity index is 270. The molecule has 2 saturated heterocycles. The molecule has 0 bridgehead atoms. The van der Waals surface area contributed by atoms with Gasteiger partial charge in [-0.1, -0.05) is 13.8 Å². The van der Waals surface area contributed by atoms with Gasteiger partial charge in [0, 0.05) is 41.9 Å². The smallest absolute Gasteiger partial charge is 0.0430 e. The third-order valence-electron chi connectivity index (χ3n) is 4.03. The third-order valence-corrected chi connectivity index (χ3v) is 6.94. The van der Waals surface area contributed by atoms with E-state index in [0.717, 1.165) is 6.54 Å². The first-order valence-electron chi connectivity index (χ1n) is 6.61. The van der Waals surface area contributed by atoms with Crippen molar-refractivity contribution in [3.8, 4) is 0 Å². The van der Waals surface area contributed by atoms with Gasteiger partial charge in [-0.3, -0.25) is 4.90 Å². The average molecular weight is 274 g/mol. The van der Waals surface area contributed by atoms with Gasteiger partial charge in [0.15, 0.2) is 0 Å². The normalized spacial score (nSPS) is 39.2. The Labute approximate surface area is 114 Å². The van der Waals surface area contributed by atoms with Crippen molar-refractivity contribution in [3.05, 3.63) is 0 Å². The van der Waals surface area contributed by atoms with E-state index in [1.54, 1.807) is 0 Å². The molecule has 2 aliphatic rings. The maximum Gasteiger partial charge on any atom is 0.0430 e. The fraction of sp³-hybridized carbons (Fsp3) is 1.00. The molecule has 2 fully saturated rings. The Morgan fingerprint density at radius 2 is 2.06 bits per heavy atom. The van der Waals surface area contributed by atoms with E-state index in [1.807, 2.05) is 0 Å². The van der Waals surface area contributed by atoms with Gasteiger partial charge < -0.3 is 5.73 Å². The van der Waals surface area contributed by atoms with Crippen LogP contribution in [0.25, 0.3) is 0 Å². The third kappa shape index (κ3) is 2.96. The first kappa shape index (κ1) is 14.0. The van der Waals surface area contributed by atoms with Crippen LogP contribution in [0.2, 0.25) is 0 Å². The summed E-state index contributed by atoms with van der Waals surface area (Å²) in [6.07, 6.45) is 1.26. The lowest BCUT2D eigenvalue weighted by molar-refractivity contribution is 0.0465. The van der Waals surface area contributed by atoms with Gasteiger partial charge in [0.1, 0.15) is 0 Å². The highest BCUT2D eigenvalue weighted by Gasteiger charge is 2.45. The number of nitrogens with two attached hydrogens (primary N) is 1. The van der Waals surface area contributed by atoms with Crippen molar-refractivity contribution in [2.45, 2.75) is 38.8 Å². The van der Waals surface area contributed by atoms with Crippen LogP contribution in [0.4, 0.5) is 0 Å². The maximum atomic E-state index is 6.19. The van der Waals surface area contributed by atoms with Gasteiger partial charge in [0.05, 0.1) is 0 Å². The lowest BCUT2D eigenvalue weighted by Gasteiger charge is -2.53. The molecule has 0 aliphatic carbocycles. The van der Waals surface area contributed by atoms with Gasteiger partial charge in [-0.2, -0.15) is 23.5 Å². The van der Waals surface area contributed by atoms with Crippen molar-refractivity contribution in [1.82, 2.24) is 4.90 Å². The van der Waals surface area contributed by atoms with Gasteiger partial charge in [0.25, 0.3) is 0 Å². The fourth-order valence-corrected chi connectivity index (χ4v) is 5.91. The summed E-state index contributed by atoms with van der Waals surface area (Å²) in [5, 5.41) is 0. The Kier molecular flexibility index (Phi) is 4.39. The number of hydrogen-bond donors (Lipinski definition) is 1. The first-order valence-corrected chi connectivity index (χ1v) is 8.92. The minimum absolute atomic E-state index is 0.257. The predicted octanol–water partition coefficient (Wildman–Crippen LogP) is 2.28. The molecule has 2 heterocycles. The number of rotatable bonds is 2. The quantitative estimate of drug-likeness (QED) is 0.836. The monoisotopic (exact) mass is 274 g/mol. The second-order valence-electron chi connectivity index (χ2n) is 6.38. The molecule has 2 N–H and O–H groups in total. The average Bonchev–Trinajstić information content (AvgIpc) is 2.28. The summed E-state index contributed by atoms with van der Waals surface area (Å²) in [7, 11) is 0. The highest BCUT2D eigenvalue weighted by Crippen LogP contribution is 2.43. The zero-order valence-corrected chi connectivity index (χ0v) is 13.0. The van der Waals surface area contributed by atoms with Gasteiger partial charge in [-0.25, -0.2) is 0 Å². The van der Waals surface area contributed by atoms with Crippen LogP contribution in [-0.4, -0.2) is 52.6 Å². The Hall–Kier alpha value is 0.620. The number of nitrogens with zero attached hydrogens (tertiary/aromatic N) is 1. The SMILES string of the molecule is CC1CSCCN1C1(CN)CSCC(C)(C)C1. The molecule has 2 aliphatic heterocycles. The molecule has 2 nitrogen and oxygen atoms in total. The lowest BCUT2D eigenvalue weighted by atomic mass is 9.78. The topological polar surface area (TPSA) is 29.3 Å². The van der Waals surface area contributed by atoms with Gasteiger partial charge in [0.2, 0.25) is 0 Å². The molecule has 2 unspecified atom stereocenters. The fourth-order valence-electron chi connectivity index (χ4n) is 3.37. The molecule has 0 radical (unpaired) electrons. The van der Waals surface area contributed by atoms with Crippen molar-refractivity contribution < 1.29 is 0 Å². The molecule has 4 heteroatoms. The van der Waals surface area contributed by atoms with Crippen molar-refractivity contribution in [2.75, 3.05) is 36.1 Å². The minimum Gasteiger partial charge on any atom is -0.329 e. The van der Waals surface area contributed by atoms with Crippen LogP contribution >= 0.6 is 23.5 Å². The molecule has 2 atom stereocenters. The summed E-state index contributed by atoms with van der Waals surface area (Å²) < 4.78 is 0. The largest absolute Gasteiger partial charge is 0.329 e. The van der Waals surface area contributed by atoms with Crippen LogP contribution in [0.1, 0.15) is 27.2 Å². The molecule has 17 heavy (non-hydrogen) atoms. The zero-order valence-electron chi connectivity index (χ0n) is 11.4. The van der Waals surface area contributed by atoms with E-state index in [9.17, 15) is 0 Å². The lowest BCUT2D eigenvalue weighted by Crippen LogP contribution is -2.64. The molecule has 0 aromatic heterocycles. The molecule has 0 spiro atoms. The van der Waals surface area contributed by atoms with Crippen molar-refractivity contribution in [3.63, 3.8) is 0 Å². The van der Waals surface area contributed by atoms with Crippen molar-refractivity contribution in [1.29, 1.82) is 0 Å². The molecule has 0 aromatic rings. The molecular weight excluding hydrogens is 248 g/mol. The summed E-state index contributed by atoms with van der Waals surface area (Å²) in [5.74, 6) is 5.05. The van der Waals surface area contributed by atoms with Crippen LogP contribution in [0.3, 0.4) is 0 Å². The summed E-state index contributed by atoms with van der Waals surface area (Å²) in [5.41, 5.74) is 6.88. The minimum atomic E-state index is 0.257. The molecule has 0 saturated carbocycles. The summed E-state index contributed by atoms with van der Waals surface area (Å²) >= 11 is 4.19. The van der Waals surface area contributed by atoms with Crippen LogP contribution < -0.4 is 5.73 Å². The van der Waals surface area contributed by atoms with E-state index >= 15 is 0 Å². The van der Waals surface area contributed by atoms with Crippen LogP contribution in [-0.2, 0) is 0 Å². The predicted molar refractivity (Wildman–Crippen MR) is 81.0 cm³/mol. The van der Waals surface area contributed by atoms with Crippen LogP contribution in [0.5, 0.6) is 0 Å². The van der Waals surface area contributed by atoms with Crippen LogP contribution in [0, 0.1) is 5.41 Å². The highest BCUT2D eigenvalue weighted by atomic mass is 32.2. The number of hydrogen-bond acceptors (Lipinski definition) is 4. The second-order valence-corrected chi connectivity index (χ2v) is 8.52. The van der Waals surface area contributed by atoms with E-state index in [-0.39, 0.29) is 5.54 Å².